The largest absolute Gasteiger partial charge is 0.384 e. The Morgan fingerprint density at radius 3 is 2.76 bits per heavy atom. The van der Waals surface area contributed by atoms with Crippen LogP contribution in [0, 0.1) is 6.92 Å². The predicted molar refractivity (Wildman–Crippen MR) is 73.0 cm³/mol. The molecule has 2 aliphatic rings. The van der Waals surface area contributed by atoms with Crippen molar-refractivity contribution in [1.82, 2.24) is 20.2 Å². The maximum atomic E-state index is 12.6. The number of urea groups is 1. The summed E-state index contributed by atoms with van der Waals surface area (Å²) in [7, 11) is 0. The fraction of sp³-hybridized carbons (Fsp3) is 0.538. The summed E-state index contributed by atoms with van der Waals surface area (Å²) in [5, 5.41) is 2.79. The molecule has 3 rings (SSSR count). The number of amides is 3. The van der Waals surface area contributed by atoms with Gasteiger partial charge in [0.15, 0.2) is 5.82 Å². The number of aryl methyl sites for hydroxylation is 1. The third-order valence-corrected chi connectivity index (χ3v) is 3.81. The number of nitrogen functional groups attached to an aromatic ring is 1. The third kappa shape index (κ3) is 2.42. The van der Waals surface area contributed by atoms with Crippen LogP contribution in [0.15, 0.2) is 6.07 Å². The highest BCUT2D eigenvalue weighted by Crippen LogP contribution is 2.29. The van der Waals surface area contributed by atoms with Gasteiger partial charge in [-0.25, -0.2) is 14.8 Å². The van der Waals surface area contributed by atoms with Crippen molar-refractivity contribution < 1.29 is 14.3 Å². The molecule has 0 bridgehead atoms. The minimum atomic E-state index is -0.829. The summed E-state index contributed by atoms with van der Waals surface area (Å²) >= 11 is 0. The van der Waals surface area contributed by atoms with Crippen molar-refractivity contribution in [2.75, 3.05) is 18.9 Å². The Morgan fingerprint density at radius 2 is 2.10 bits per heavy atom. The monoisotopic (exact) mass is 291 g/mol. The molecule has 0 aromatic carbocycles. The molecule has 1 aromatic heterocycles. The average molecular weight is 291 g/mol. The molecule has 1 aromatic rings. The van der Waals surface area contributed by atoms with E-state index in [1.165, 1.54) is 0 Å². The fourth-order valence-corrected chi connectivity index (χ4v) is 2.75. The van der Waals surface area contributed by atoms with Gasteiger partial charge < -0.3 is 15.8 Å². The van der Waals surface area contributed by atoms with E-state index in [2.05, 4.69) is 15.3 Å². The number of ether oxygens (including phenoxy) is 1. The number of aromatic nitrogens is 2. The van der Waals surface area contributed by atoms with Gasteiger partial charge in [-0.15, -0.1) is 0 Å². The number of hydrogen-bond donors (Lipinski definition) is 2. The first kappa shape index (κ1) is 13.7. The zero-order valence-corrected chi connectivity index (χ0v) is 11.8. The summed E-state index contributed by atoms with van der Waals surface area (Å²) in [5.74, 6) is 0.449. The minimum Gasteiger partial charge on any atom is -0.384 e. The SMILES string of the molecule is Cc1cc(N)nc(CN2C(=O)NC3(CCOCC3)C2=O)n1. The molecule has 3 heterocycles. The van der Waals surface area contributed by atoms with Crippen molar-refractivity contribution in [2.24, 2.45) is 0 Å². The maximum Gasteiger partial charge on any atom is 0.325 e. The van der Waals surface area contributed by atoms with Gasteiger partial charge in [-0.1, -0.05) is 0 Å². The first-order valence-electron chi connectivity index (χ1n) is 6.82. The highest BCUT2D eigenvalue weighted by molar-refractivity contribution is 6.07. The van der Waals surface area contributed by atoms with Crippen LogP contribution in [0.3, 0.4) is 0 Å². The number of rotatable bonds is 2. The highest BCUT2D eigenvalue weighted by atomic mass is 16.5. The number of imide groups is 1. The van der Waals surface area contributed by atoms with Crippen molar-refractivity contribution >= 4 is 17.8 Å². The van der Waals surface area contributed by atoms with Crippen LogP contribution in [-0.2, 0) is 16.1 Å². The van der Waals surface area contributed by atoms with E-state index in [0.29, 0.717) is 43.4 Å². The van der Waals surface area contributed by atoms with Gasteiger partial charge >= 0.3 is 6.03 Å². The van der Waals surface area contributed by atoms with Gasteiger partial charge in [0.05, 0.1) is 6.54 Å². The van der Waals surface area contributed by atoms with Crippen molar-refractivity contribution in [3.8, 4) is 0 Å². The minimum absolute atomic E-state index is 0.0269. The second kappa shape index (κ2) is 4.96. The van der Waals surface area contributed by atoms with Gasteiger partial charge in [0, 0.05) is 37.8 Å². The first-order valence-corrected chi connectivity index (χ1v) is 6.82. The number of anilines is 1. The summed E-state index contributed by atoms with van der Waals surface area (Å²) < 4.78 is 5.26. The Hall–Kier alpha value is -2.22. The smallest absolute Gasteiger partial charge is 0.325 e. The lowest BCUT2D eigenvalue weighted by Gasteiger charge is -2.30. The van der Waals surface area contributed by atoms with Crippen molar-refractivity contribution in [3.05, 3.63) is 17.6 Å². The van der Waals surface area contributed by atoms with E-state index >= 15 is 0 Å². The van der Waals surface area contributed by atoms with Crippen LogP contribution in [0.4, 0.5) is 10.6 Å². The molecule has 0 atom stereocenters. The molecule has 21 heavy (non-hydrogen) atoms. The standard InChI is InChI=1S/C13H17N5O3/c1-8-6-9(14)16-10(15-8)7-18-11(19)13(17-12(18)20)2-4-21-5-3-13/h6H,2-5,7H2,1H3,(H,17,20)(H2,14,15,16). The van der Waals surface area contributed by atoms with Crippen LogP contribution < -0.4 is 11.1 Å². The van der Waals surface area contributed by atoms with E-state index in [4.69, 9.17) is 10.5 Å². The molecule has 3 amide bonds. The van der Waals surface area contributed by atoms with Crippen molar-refractivity contribution in [3.63, 3.8) is 0 Å². The van der Waals surface area contributed by atoms with E-state index in [1.807, 2.05) is 0 Å². The molecule has 8 heteroatoms. The lowest BCUT2D eigenvalue weighted by molar-refractivity contribution is -0.135. The summed E-state index contributed by atoms with van der Waals surface area (Å²) in [6.45, 7) is 2.74. The lowest BCUT2D eigenvalue weighted by Crippen LogP contribution is -2.51. The second-order valence-electron chi connectivity index (χ2n) is 5.37. The quantitative estimate of drug-likeness (QED) is 0.740. The summed E-state index contributed by atoms with van der Waals surface area (Å²) in [4.78, 5) is 34.1. The van der Waals surface area contributed by atoms with E-state index < -0.39 is 11.6 Å². The van der Waals surface area contributed by atoms with Gasteiger partial charge in [-0.2, -0.15) is 0 Å². The maximum absolute atomic E-state index is 12.6. The lowest BCUT2D eigenvalue weighted by atomic mass is 9.90. The molecule has 0 unspecified atom stereocenters. The molecular formula is C13H17N5O3. The molecule has 0 saturated carbocycles. The molecule has 8 nitrogen and oxygen atoms in total. The highest BCUT2D eigenvalue weighted by Gasteiger charge is 2.51. The molecule has 2 fully saturated rings. The molecule has 0 aliphatic carbocycles. The van der Waals surface area contributed by atoms with Gasteiger partial charge in [0.1, 0.15) is 11.4 Å². The number of nitrogens with zero attached hydrogens (tertiary/aromatic N) is 3. The predicted octanol–water partition coefficient (Wildman–Crippen LogP) is -0.0318. The number of hydrogen-bond acceptors (Lipinski definition) is 6. The van der Waals surface area contributed by atoms with Crippen LogP contribution in [0.2, 0.25) is 0 Å². The molecule has 2 saturated heterocycles. The van der Waals surface area contributed by atoms with Crippen LogP contribution in [0.5, 0.6) is 0 Å². The summed E-state index contributed by atoms with van der Waals surface area (Å²) in [5.41, 5.74) is 5.54. The van der Waals surface area contributed by atoms with Crippen LogP contribution in [0.25, 0.3) is 0 Å². The number of nitrogens with one attached hydrogen (secondary N) is 1. The van der Waals surface area contributed by atoms with Gasteiger partial charge in [-0.05, 0) is 6.92 Å². The Kier molecular flexibility index (Phi) is 3.25. The van der Waals surface area contributed by atoms with E-state index in [0.717, 1.165) is 4.90 Å². The van der Waals surface area contributed by atoms with E-state index in [1.54, 1.807) is 13.0 Å². The third-order valence-electron chi connectivity index (χ3n) is 3.81. The van der Waals surface area contributed by atoms with Crippen molar-refractivity contribution in [1.29, 1.82) is 0 Å². The summed E-state index contributed by atoms with van der Waals surface area (Å²) in [6.07, 6.45) is 0.982. The number of nitrogens with two attached hydrogens (primary N) is 1. The zero-order valence-electron chi connectivity index (χ0n) is 11.8. The van der Waals surface area contributed by atoms with E-state index in [-0.39, 0.29) is 12.5 Å². The fourth-order valence-electron chi connectivity index (χ4n) is 2.75. The molecular weight excluding hydrogens is 274 g/mol. The topological polar surface area (TPSA) is 110 Å². The normalized spacial score (nSPS) is 20.9. The van der Waals surface area contributed by atoms with Crippen LogP contribution in [-0.4, -0.2) is 45.6 Å². The Morgan fingerprint density at radius 1 is 1.38 bits per heavy atom. The van der Waals surface area contributed by atoms with Gasteiger partial charge in [0.25, 0.3) is 5.91 Å². The second-order valence-corrected chi connectivity index (χ2v) is 5.37. The Bertz CT molecular complexity index is 577. The molecule has 0 radical (unpaired) electrons. The molecule has 112 valence electrons. The van der Waals surface area contributed by atoms with Crippen LogP contribution >= 0.6 is 0 Å². The number of carbonyl (C=O) groups is 2. The molecule has 3 N–H and O–H groups in total. The summed E-state index contributed by atoms with van der Waals surface area (Å²) in [6, 6.07) is 1.22. The Balaban J connectivity index is 1.82. The van der Waals surface area contributed by atoms with Gasteiger partial charge in [0.2, 0.25) is 0 Å². The molecule has 2 aliphatic heterocycles. The Labute approximate surface area is 121 Å². The zero-order chi connectivity index (χ0) is 15.0. The number of carbonyl (C=O) groups excluding carboxylic acids is 2. The average Bonchev–Trinajstić information content (AvgIpc) is 2.63. The van der Waals surface area contributed by atoms with E-state index in [9.17, 15) is 9.59 Å². The molecule has 1 spiro atoms. The van der Waals surface area contributed by atoms with Crippen molar-refractivity contribution in [2.45, 2.75) is 31.8 Å². The first-order chi connectivity index (χ1) is 10.00. The van der Waals surface area contributed by atoms with Gasteiger partial charge in [-0.3, -0.25) is 9.69 Å². The van der Waals surface area contributed by atoms with Crippen LogP contribution in [0.1, 0.15) is 24.4 Å².